The summed E-state index contributed by atoms with van der Waals surface area (Å²) in [6.45, 7) is 6.51. The molecule has 0 spiro atoms. The Kier molecular flexibility index (Phi) is 8.73. The van der Waals surface area contributed by atoms with E-state index in [1.807, 2.05) is 0 Å². The summed E-state index contributed by atoms with van der Waals surface area (Å²) >= 11 is 4.73. The summed E-state index contributed by atoms with van der Waals surface area (Å²) in [5.74, 6) is 1.48. The van der Waals surface area contributed by atoms with Gasteiger partial charge in [-0.25, -0.2) is 12.0 Å². The fourth-order valence-corrected chi connectivity index (χ4v) is 1.36. The molecule has 0 aromatic carbocycles. The maximum atomic E-state index is 2.37. The van der Waals surface area contributed by atoms with E-state index in [2.05, 4.69) is 72.4 Å². The van der Waals surface area contributed by atoms with Gasteiger partial charge in [-0.3, -0.25) is 0 Å². The van der Waals surface area contributed by atoms with Crippen LogP contribution in [0.1, 0.15) is 27.2 Å². The molecular formula is C9H13I2Ru-. The van der Waals surface area contributed by atoms with Crippen LogP contribution in [0.3, 0.4) is 0 Å². The van der Waals surface area contributed by atoms with E-state index in [1.54, 1.807) is 0 Å². The third-order valence-corrected chi connectivity index (χ3v) is 1.51. The Labute approximate surface area is 105 Å². The van der Waals surface area contributed by atoms with Crippen molar-refractivity contribution < 1.29 is 10.1 Å². The summed E-state index contributed by atoms with van der Waals surface area (Å²) in [4.78, 5) is 0. The van der Waals surface area contributed by atoms with E-state index in [1.165, 1.54) is 17.1 Å². The molecule has 0 N–H and O–H groups in total. The molecule has 0 atom stereocenters. The summed E-state index contributed by atoms with van der Waals surface area (Å²) in [5.41, 5.74) is 2.86. The standard InChI is InChI=1S/C9H13.2HI.Ru/c1-7-4-8(2)6-9(3)5-7;;;/h4-5H,6H2,1-3H3;2*1H;/q-1;;;+2/p-2. The zero-order valence-electron chi connectivity index (χ0n) is 7.47. The summed E-state index contributed by atoms with van der Waals surface area (Å²) in [7, 11) is 0.650. The van der Waals surface area contributed by atoms with Crippen LogP contribution in [0, 0.1) is 5.92 Å². The molecule has 12 heavy (non-hydrogen) atoms. The van der Waals surface area contributed by atoms with Gasteiger partial charge in [-0.2, -0.15) is 5.57 Å². The van der Waals surface area contributed by atoms with Crippen molar-refractivity contribution in [3.8, 4) is 0 Å². The average Bonchev–Trinajstić information content (AvgIpc) is 1.84. The Morgan fingerprint density at radius 2 is 1.92 bits per heavy atom. The van der Waals surface area contributed by atoms with Crippen molar-refractivity contribution in [2.45, 2.75) is 27.2 Å². The predicted octanol–water partition coefficient (Wildman–Crippen LogP) is 4.65. The van der Waals surface area contributed by atoms with Crippen molar-refractivity contribution in [3.63, 3.8) is 0 Å². The van der Waals surface area contributed by atoms with E-state index < -0.39 is 0 Å². The van der Waals surface area contributed by atoms with Crippen LogP contribution in [-0.4, -0.2) is 0 Å². The number of rotatable bonds is 0. The van der Waals surface area contributed by atoms with Gasteiger partial charge in [-0.15, -0.1) is 25.5 Å². The molecule has 0 fully saturated rings. The fraction of sp³-hybridized carbons (Fsp3) is 0.444. The van der Waals surface area contributed by atoms with Crippen molar-refractivity contribution in [2.24, 2.45) is 0 Å². The van der Waals surface area contributed by atoms with Crippen LogP contribution >= 0.6 is 39.5 Å². The second-order valence-corrected chi connectivity index (χ2v) is 16.3. The van der Waals surface area contributed by atoms with E-state index in [4.69, 9.17) is 0 Å². The summed E-state index contributed by atoms with van der Waals surface area (Å²) < 4.78 is 0. The summed E-state index contributed by atoms with van der Waals surface area (Å²) in [6, 6.07) is 0. The van der Waals surface area contributed by atoms with Crippen LogP contribution in [0.5, 0.6) is 0 Å². The average molecular weight is 476 g/mol. The van der Waals surface area contributed by atoms with Crippen LogP contribution < -0.4 is 0 Å². The van der Waals surface area contributed by atoms with Gasteiger partial charge < -0.3 is 0 Å². The number of hydrogen-bond donors (Lipinski definition) is 0. The third kappa shape index (κ3) is 6.90. The van der Waals surface area contributed by atoms with Gasteiger partial charge >= 0.3 is 49.6 Å². The molecule has 0 aliphatic heterocycles. The molecule has 0 aromatic rings. The fourth-order valence-electron chi connectivity index (χ4n) is 1.36. The zero-order chi connectivity index (χ0) is 9.56. The summed E-state index contributed by atoms with van der Waals surface area (Å²) in [6.07, 6.45) is 5.65. The molecule has 0 aromatic heterocycles. The Morgan fingerprint density at radius 3 is 2.25 bits per heavy atom. The van der Waals surface area contributed by atoms with Crippen LogP contribution in [0.15, 0.2) is 23.3 Å². The van der Waals surface area contributed by atoms with E-state index in [9.17, 15) is 0 Å². The molecule has 1 aliphatic carbocycles. The van der Waals surface area contributed by atoms with Gasteiger partial charge in [0.15, 0.2) is 0 Å². The molecule has 0 nitrogen and oxygen atoms in total. The van der Waals surface area contributed by atoms with Crippen LogP contribution in [-0.2, 0) is 10.1 Å². The van der Waals surface area contributed by atoms with Gasteiger partial charge in [0.1, 0.15) is 0 Å². The Morgan fingerprint density at radius 1 is 1.42 bits per heavy atom. The molecule has 0 unspecified atom stereocenters. The monoisotopic (exact) mass is 477 g/mol. The van der Waals surface area contributed by atoms with E-state index in [-0.39, 0.29) is 0 Å². The van der Waals surface area contributed by atoms with Crippen molar-refractivity contribution in [1.29, 1.82) is 0 Å². The SMILES string of the molecule is CC1=C[C-](C)CC(C)=C1.[I][Ru][I]. The first-order chi connectivity index (χ1) is 5.60. The molecule has 0 saturated heterocycles. The topological polar surface area (TPSA) is 0 Å². The molecule has 0 amide bonds. The molecular weight excluding hydrogens is 463 g/mol. The van der Waals surface area contributed by atoms with Crippen molar-refractivity contribution in [2.75, 3.05) is 0 Å². The molecule has 0 radical (unpaired) electrons. The van der Waals surface area contributed by atoms with E-state index in [0.29, 0.717) is 10.1 Å². The number of allylic oxidation sites excluding steroid dienone is 4. The van der Waals surface area contributed by atoms with Crippen LogP contribution in [0.2, 0.25) is 0 Å². The maximum absolute atomic E-state index is 2.37. The van der Waals surface area contributed by atoms with E-state index >= 15 is 0 Å². The van der Waals surface area contributed by atoms with Crippen molar-refractivity contribution in [1.82, 2.24) is 0 Å². The number of halogens is 2. The van der Waals surface area contributed by atoms with Crippen molar-refractivity contribution in [3.05, 3.63) is 29.2 Å². The zero-order valence-corrected chi connectivity index (χ0v) is 13.5. The minimum absolute atomic E-state index is 0.650. The summed E-state index contributed by atoms with van der Waals surface area (Å²) in [5, 5.41) is 0. The molecule has 0 bridgehead atoms. The van der Waals surface area contributed by atoms with Crippen molar-refractivity contribution >= 4 is 39.5 Å². The Bertz CT molecular complexity index is 185. The van der Waals surface area contributed by atoms with Gasteiger partial charge in [0, 0.05) is 0 Å². The predicted molar refractivity (Wildman–Crippen MR) is 69.1 cm³/mol. The first-order valence-electron chi connectivity index (χ1n) is 3.63. The van der Waals surface area contributed by atoms with Gasteiger partial charge in [0.2, 0.25) is 0 Å². The minimum atomic E-state index is 0.650. The second kappa shape index (κ2) is 7.80. The quantitative estimate of drug-likeness (QED) is 0.272. The first kappa shape index (κ1) is 13.4. The van der Waals surface area contributed by atoms with Gasteiger partial charge in [0.25, 0.3) is 0 Å². The molecule has 1 aliphatic rings. The molecule has 0 saturated carbocycles. The molecule has 3 heteroatoms. The Balaban J connectivity index is 0.000000354. The second-order valence-electron chi connectivity index (χ2n) is 2.95. The number of hydrogen-bond acceptors (Lipinski definition) is 0. The molecule has 0 heterocycles. The van der Waals surface area contributed by atoms with Gasteiger partial charge in [-0.05, 0) is 6.92 Å². The van der Waals surface area contributed by atoms with E-state index in [0.717, 1.165) is 6.42 Å². The van der Waals surface area contributed by atoms with Gasteiger partial charge in [-0.1, -0.05) is 6.42 Å². The molecule has 1 rings (SSSR count). The first-order valence-corrected chi connectivity index (χ1v) is 14.0. The van der Waals surface area contributed by atoms with Gasteiger partial charge in [0.05, 0.1) is 0 Å². The third-order valence-electron chi connectivity index (χ3n) is 1.51. The van der Waals surface area contributed by atoms with Crippen LogP contribution in [0.25, 0.3) is 0 Å². The molecule has 72 valence electrons. The Hall–Kier alpha value is 1.43. The van der Waals surface area contributed by atoms with Crippen LogP contribution in [0.4, 0.5) is 0 Å². The normalized spacial score (nSPS) is 16.2.